The Labute approximate surface area is 88.8 Å². The predicted octanol–water partition coefficient (Wildman–Crippen LogP) is 1.78. The fourth-order valence-corrected chi connectivity index (χ4v) is 1.92. The smallest absolute Gasteiger partial charge is 0.220 e. The summed E-state index contributed by atoms with van der Waals surface area (Å²) in [6.45, 7) is 4.11. The second-order valence-corrected chi connectivity index (χ2v) is 4.31. The molecule has 0 bridgehead atoms. The molecule has 0 saturated carbocycles. The fraction of sp³-hybridized carbons (Fsp3) is 0.500. The Morgan fingerprint density at radius 1 is 1.27 bits per heavy atom. The molecule has 0 saturated heterocycles. The Bertz CT molecular complexity index is 374. The van der Waals surface area contributed by atoms with E-state index in [2.05, 4.69) is 13.8 Å². The van der Waals surface area contributed by atoms with Crippen molar-refractivity contribution in [1.82, 2.24) is 0 Å². The molecule has 1 heterocycles. The SMILES string of the molecule is CC(C)C1CCC2=C(O1)C(=O)C=CC2=O. The van der Waals surface area contributed by atoms with Crippen LogP contribution in [0, 0.1) is 5.92 Å². The van der Waals surface area contributed by atoms with Gasteiger partial charge in [-0.15, -0.1) is 0 Å². The molecule has 15 heavy (non-hydrogen) atoms. The number of allylic oxidation sites excluding steroid dienone is 3. The first-order valence-electron chi connectivity index (χ1n) is 5.26. The van der Waals surface area contributed by atoms with Crippen LogP contribution in [0.4, 0.5) is 0 Å². The zero-order chi connectivity index (χ0) is 11.0. The van der Waals surface area contributed by atoms with Crippen LogP contribution in [0.2, 0.25) is 0 Å². The van der Waals surface area contributed by atoms with Crippen molar-refractivity contribution in [3.05, 3.63) is 23.5 Å². The summed E-state index contributed by atoms with van der Waals surface area (Å²) in [5.74, 6) is 0.405. The third-order valence-electron chi connectivity index (χ3n) is 2.87. The number of ketones is 2. The van der Waals surface area contributed by atoms with E-state index in [1.165, 1.54) is 12.2 Å². The van der Waals surface area contributed by atoms with Crippen molar-refractivity contribution in [1.29, 1.82) is 0 Å². The van der Waals surface area contributed by atoms with E-state index in [1.54, 1.807) is 0 Å². The minimum Gasteiger partial charge on any atom is -0.486 e. The average molecular weight is 206 g/mol. The molecule has 0 N–H and O–H groups in total. The second kappa shape index (κ2) is 3.65. The summed E-state index contributed by atoms with van der Waals surface area (Å²) in [5.41, 5.74) is 0.555. The molecule has 1 aliphatic carbocycles. The number of hydrogen-bond acceptors (Lipinski definition) is 3. The molecule has 0 radical (unpaired) electrons. The molecule has 2 rings (SSSR count). The van der Waals surface area contributed by atoms with Crippen LogP contribution in [0.5, 0.6) is 0 Å². The maximum Gasteiger partial charge on any atom is 0.220 e. The Kier molecular flexibility index (Phi) is 2.47. The van der Waals surface area contributed by atoms with Crippen LogP contribution in [-0.4, -0.2) is 17.7 Å². The standard InChI is InChI=1S/C12H14O3/c1-7(2)11-6-3-8-9(13)4-5-10(14)12(8)15-11/h4-5,7,11H,3,6H2,1-2H3. The largest absolute Gasteiger partial charge is 0.486 e. The first kappa shape index (κ1) is 10.1. The maximum atomic E-state index is 11.5. The van der Waals surface area contributed by atoms with E-state index in [0.29, 0.717) is 17.9 Å². The van der Waals surface area contributed by atoms with Gasteiger partial charge in [0, 0.05) is 5.57 Å². The Balaban J connectivity index is 2.28. The van der Waals surface area contributed by atoms with Crippen molar-refractivity contribution in [2.75, 3.05) is 0 Å². The van der Waals surface area contributed by atoms with Gasteiger partial charge in [0.2, 0.25) is 5.78 Å². The van der Waals surface area contributed by atoms with E-state index in [1.807, 2.05) is 0 Å². The Morgan fingerprint density at radius 2 is 1.93 bits per heavy atom. The summed E-state index contributed by atoms with van der Waals surface area (Å²) in [5, 5.41) is 0. The second-order valence-electron chi connectivity index (χ2n) is 4.31. The maximum absolute atomic E-state index is 11.5. The third kappa shape index (κ3) is 1.74. The number of carbonyl (C=O) groups is 2. The molecule has 1 aliphatic heterocycles. The molecule has 0 aromatic rings. The highest BCUT2D eigenvalue weighted by molar-refractivity contribution is 6.19. The van der Waals surface area contributed by atoms with Gasteiger partial charge in [0.15, 0.2) is 11.5 Å². The lowest BCUT2D eigenvalue weighted by molar-refractivity contribution is -0.120. The number of hydrogen-bond donors (Lipinski definition) is 0. The summed E-state index contributed by atoms with van der Waals surface area (Å²) in [4.78, 5) is 23.0. The molecule has 0 spiro atoms. The lowest BCUT2D eigenvalue weighted by atomic mass is 9.90. The van der Waals surface area contributed by atoms with Gasteiger partial charge in [0.25, 0.3) is 0 Å². The van der Waals surface area contributed by atoms with Crippen molar-refractivity contribution in [3.8, 4) is 0 Å². The summed E-state index contributed by atoms with van der Waals surface area (Å²) in [7, 11) is 0. The van der Waals surface area contributed by atoms with Gasteiger partial charge in [-0.1, -0.05) is 13.8 Å². The monoisotopic (exact) mass is 206 g/mol. The van der Waals surface area contributed by atoms with Gasteiger partial charge in [0.05, 0.1) is 0 Å². The lowest BCUT2D eigenvalue weighted by Crippen LogP contribution is -2.30. The molecule has 0 aromatic carbocycles. The fourth-order valence-electron chi connectivity index (χ4n) is 1.92. The van der Waals surface area contributed by atoms with Crippen molar-refractivity contribution >= 4 is 11.6 Å². The summed E-state index contributed by atoms with van der Waals surface area (Å²) in [6, 6.07) is 0. The van der Waals surface area contributed by atoms with Gasteiger partial charge in [-0.2, -0.15) is 0 Å². The molecular weight excluding hydrogens is 192 g/mol. The minimum absolute atomic E-state index is 0.0620. The van der Waals surface area contributed by atoms with E-state index in [4.69, 9.17) is 4.74 Å². The number of rotatable bonds is 1. The van der Waals surface area contributed by atoms with Gasteiger partial charge in [0.1, 0.15) is 6.10 Å². The molecule has 0 aromatic heterocycles. The Hall–Kier alpha value is -1.38. The van der Waals surface area contributed by atoms with Crippen LogP contribution in [0.25, 0.3) is 0 Å². The van der Waals surface area contributed by atoms with Gasteiger partial charge >= 0.3 is 0 Å². The van der Waals surface area contributed by atoms with E-state index < -0.39 is 0 Å². The van der Waals surface area contributed by atoms with Crippen molar-refractivity contribution < 1.29 is 14.3 Å². The molecule has 2 aliphatic rings. The van der Waals surface area contributed by atoms with Crippen LogP contribution in [-0.2, 0) is 14.3 Å². The van der Waals surface area contributed by atoms with Crippen LogP contribution < -0.4 is 0 Å². The summed E-state index contributed by atoms with van der Waals surface area (Å²) >= 11 is 0. The average Bonchev–Trinajstić information content (AvgIpc) is 2.23. The molecule has 0 fully saturated rings. The van der Waals surface area contributed by atoms with E-state index in [9.17, 15) is 9.59 Å². The number of carbonyl (C=O) groups excluding carboxylic acids is 2. The normalized spacial score (nSPS) is 25.7. The van der Waals surface area contributed by atoms with E-state index in [-0.39, 0.29) is 23.4 Å². The topological polar surface area (TPSA) is 43.4 Å². The van der Waals surface area contributed by atoms with E-state index in [0.717, 1.165) is 6.42 Å². The summed E-state index contributed by atoms with van der Waals surface area (Å²) < 4.78 is 5.59. The molecule has 1 atom stereocenters. The van der Waals surface area contributed by atoms with Crippen LogP contribution in [0.3, 0.4) is 0 Å². The van der Waals surface area contributed by atoms with Crippen molar-refractivity contribution in [2.24, 2.45) is 5.92 Å². The number of ether oxygens (including phenoxy) is 1. The van der Waals surface area contributed by atoms with Crippen LogP contribution in [0.1, 0.15) is 26.7 Å². The Morgan fingerprint density at radius 3 is 2.60 bits per heavy atom. The third-order valence-corrected chi connectivity index (χ3v) is 2.87. The highest BCUT2D eigenvalue weighted by Crippen LogP contribution is 2.30. The first-order valence-corrected chi connectivity index (χ1v) is 5.26. The van der Waals surface area contributed by atoms with Crippen molar-refractivity contribution in [3.63, 3.8) is 0 Å². The lowest BCUT2D eigenvalue weighted by Gasteiger charge is -2.30. The van der Waals surface area contributed by atoms with Gasteiger partial charge in [-0.05, 0) is 30.9 Å². The molecule has 1 unspecified atom stereocenters. The summed E-state index contributed by atoms with van der Waals surface area (Å²) in [6.07, 6.45) is 4.17. The van der Waals surface area contributed by atoms with Gasteiger partial charge in [-0.3, -0.25) is 9.59 Å². The molecule has 0 amide bonds. The quantitative estimate of drug-likeness (QED) is 0.614. The van der Waals surface area contributed by atoms with Crippen LogP contribution in [0.15, 0.2) is 23.5 Å². The zero-order valence-electron chi connectivity index (χ0n) is 8.95. The first-order chi connectivity index (χ1) is 7.09. The minimum atomic E-state index is -0.171. The van der Waals surface area contributed by atoms with Crippen LogP contribution >= 0.6 is 0 Å². The molecule has 3 heteroatoms. The highest BCUT2D eigenvalue weighted by Gasteiger charge is 2.32. The molecular formula is C12H14O3. The molecule has 80 valence electrons. The zero-order valence-corrected chi connectivity index (χ0v) is 8.95. The molecule has 3 nitrogen and oxygen atoms in total. The van der Waals surface area contributed by atoms with Gasteiger partial charge in [-0.25, -0.2) is 0 Å². The predicted molar refractivity (Wildman–Crippen MR) is 55.1 cm³/mol. The van der Waals surface area contributed by atoms with Crippen molar-refractivity contribution in [2.45, 2.75) is 32.8 Å². The van der Waals surface area contributed by atoms with Gasteiger partial charge < -0.3 is 4.74 Å². The highest BCUT2D eigenvalue weighted by atomic mass is 16.5. The van der Waals surface area contributed by atoms with E-state index >= 15 is 0 Å².